The zero-order chi connectivity index (χ0) is 25.5. The number of ether oxygens (including phenoxy) is 2. The first-order valence-electron chi connectivity index (χ1n) is 12.0. The number of ketones is 1. The summed E-state index contributed by atoms with van der Waals surface area (Å²) in [5.41, 5.74) is -0.549. The summed E-state index contributed by atoms with van der Waals surface area (Å²) in [5.74, 6) is -3.50. The van der Waals surface area contributed by atoms with Gasteiger partial charge in [0.25, 0.3) is 0 Å². The number of hydrogen-bond donors (Lipinski definition) is 2. The van der Waals surface area contributed by atoms with Gasteiger partial charge in [-0.25, -0.2) is 0 Å². The number of carbonyl (C=O) groups excluding carboxylic acids is 2. The second kappa shape index (κ2) is 7.64. The van der Waals surface area contributed by atoms with E-state index in [1.807, 2.05) is 19.9 Å². The van der Waals surface area contributed by atoms with Crippen LogP contribution >= 0.6 is 0 Å². The Morgan fingerprint density at radius 2 is 1.94 bits per heavy atom. The maximum Gasteiger partial charge on any atom is 0.315 e. The Morgan fingerprint density at radius 3 is 2.54 bits per heavy atom. The molecule has 2 fully saturated rings. The normalized spacial score (nSPS) is 44.1. The fourth-order valence-electron chi connectivity index (χ4n) is 8.22. The summed E-state index contributed by atoms with van der Waals surface area (Å²) in [7, 11) is 1.27. The van der Waals surface area contributed by atoms with Gasteiger partial charge in [0.2, 0.25) is 0 Å². The quantitative estimate of drug-likeness (QED) is 0.493. The third-order valence-corrected chi connectivity index (χ3v) is 9.65. The Balaban J connectivity index is 1.73. The maximum absolute atomic E-state index is 13.6. The molecular weight excluding hydrogens is 452 g/mol. The standard InChI is InChI=1S/C27H32O8/c1-13-15(14-7-9-34-12-14)10-16-20(13)27(4)17(11-19(29)30)26(3)18(28)6-8-25(2,24(32)33-5)22(26)21(31)23(27)35-16/h6-9,12,15-17,21-23,31H,10-11H2,1-5H3,(H,29,30)/t15-,16-,17-,21+,22+,23+,25+,26+,27-/m1/s1. The van der Waals surface area contributed by atoms with E-state index in [4.69, 9.17) is 13.9 Å². The van der Waals surface area contributed by atoms with Gasteiger partial charge in [-0.1, -0.05) is 25.5 Å². The lowest BCUT2D eigenvalue weighted by molar-refractivity contribution is -0.215. The number of methoxy groups -OCH3 is 1. The molecule has 8 nitrogen and oxygen atoms in total. The Bertz CT molecular complexity index is 1150. The van der Waals surface area contributed by atoms with E-state index in [1.54, 1.807) is 26.4 Å². The molecule has 3 aliphatic carbocycles. The highest BCUT2D eigenvalue weighted by Gasteiger charge is 2.74. The van der Waals surface area contributed by atoms with E-state index in [2.05, 4.69) is 0 Å². The SMILES string of the molecule is COC(=O)[C@@]1(C)C=CC(=O)[C@]2(C)[C@@H](CC(=O)O)[C@]3(C)C4=C(C)[C@H](c5ccoc5)C[C@H]4O[C@H]3[C@@H](O)[C@H]21. The molecule has 0 bridgehead atoms. The molecule has 1 aliphatic heterocycles. The van der Waals surface area contributed by atoms with E-state index in [1.165, 1.54) is 19.3 Å². The van der Waals surface area contributed by atoms with E-state index in [0.717, 1.165) is 16.7 Å². The molecule has 8 heteroatoms. The topological polar surface area (TPSA) is 123 Å². The summed E-state index contributed by atoms with van der Waals surface area (Å²) in [6.07, 6.45) is 4.23. The zero-order valence-corrected chi connectivity index (χ0v) is 20.6. The van der Waals surface area contributed by atoms with Gasteiger partial charge in [0, 0.05) is 22.7 Å². The van der Waals surface area contributed by atoms with Crippen LogP contribution in [0, 0.1) is 28.1 Å². The number of carbonyl (C=O) groups is 3. The van der Waals surface area contributed by atoms with Gasteiger partial charge in [0.05, 0.1) is 49.8 Å². The van der Waals surface area contributed by atoms with Crippen molar-refractivity contribution in [2.75, 3.05) is 7.11 Å². The third kappa shape index (κ3) is 2.90. The summed E-state index contributed by atoms with van der Waals surface area (Å²) >= 11 is 0. The first-order chi connectivity index (χ1) is 16.4. The number of fused-ring (bicyclic) bond motifs is 4. The molecule has 0 unspecified atom stereocenters. The molecule has 1 saturated carbocycles. The number of furan rings is 1. The summed E-state index contributed by atoms with van der Waals surface area (Å²) in [6, 6.07) is 1.91. The van der Waals surface area contributed by atoms with E-state index in [-0.39, 0.29) is 24.2 Å². The first kappa shape index (κ1) is 24.0. The summed E-state index contributed by atoms with van der Waals surface area (Å²) < 4.78 is 16.9. The van der Waals surface area contributed by atoms with Gasteiger partial charge in [-0.05, 0) is 49.5 Å². The largest absolute Gasteiger partial charge is 0.481 e. The second-order valence-electron chi connectivity index (χ2n) is 11.1. The van der Waals surface area contributed by atoms with Gasteiger partial charge >= 0.3 is 11.9 Å². The summed E-state index contributed by atoms with van der Waals surface area (Å²) in [4.78, 5) is 38.8. The Labute approximate surface area is 204 Å². The number of allylic oxidation sites excluding steroid dienone is 2. The van der Waals surface area contributed by atoms with Crippen molar-refractivity contribution in [2.24, 2.45) is 28.1 Å². The number of carboxylic acid groups (broad SMARTS) is 1. The van der Waals surface area contributed by atoms with Crippen LogP contribution in [0.5, 0.6) is 0 Å². The molecule has 1 saturated heterocycles. The number of rotatable bonds is 4. The van der Waals surface area contributed by atoms with Crippen LogP contribution in [0.25, 0.3) is 0 Å². The minimum atomic E-state index is -1.33. The van der Waals surface area contributed by atoms with Crippen LogP contribution in [-0.2, 0) is 23.9 Å². The number of aliphatic hydroxyl groups is 1. The van der Waals surface area contributed by atoms with Gasteiger partial charge < -0.3 is 24.1 Å². The average Bonchev–Trinajstić information content (AvgIpc) is 3.51. The van der Waals surface area contributed by atoms with E-state index >= 15 is 0 Å². The lowest BCUT2D eigenvalue weighted by Gasteiger charge is -2.61. The molecule has 0 aromatic carbocycles. The molecule has 2 N–H and O–H groups in total. The second-order valence-corrected chi connectivity index (χ2v) is 11.1. The molecule has 2 heterocycles. The highest BCUT2D eigenvalue weighted by atomic mass is 16.5. The number of esters is 1. The lowest BCUT2D eigenvalue weighted by atomic mass is 9.41. The minimum absolute atomic E-state index is 0.0435. The Hall–Kier alpha value is -2.71. The summed E-state index contributed by atoms with van der Waals surface area (Å²) in [6.45, 7) is 7.29. The molecule has 5 rings (SSSR count). The van der Waals surface area contributed by atoms with Crippen molar-refractivity contribution in [1.82, 2.24) is 0 Å². The number of carboxylic acids is 1. The van der Waals surface area contributed by atoms with Crippen molar-refractivity contribution in [1.29, 1.82) is 0 Å². The fourth-order valence-corrected chi connectivity index (χ4v) is 8.22. The van der Waals surface area contributed by atoms with Gasteiger partial charge in [-0.2, -0.15) is 0 Å². The zero-order valence-electron chi connectivity index (χ0n) is 20.6. The maximum atomic E-state index is 13.6. The van der Waals surface area contributed by atoms with Gasteiger partial charge in [0.1, 0.15) is 0 Å². The van der Waals surface area contributed by atoms with Crippen molar-refractivity contribution in [3.05, 3.63) is 47.5 Å². The van der Waals surface area contributed by atoms with E-state index in [9.17, 15) is 24.6 Å². The number of aliphatic hydroxyl groups excluding tert-OH is 1. The van der Waals surface area contributed by atoms with Crippen LogP contribution in [0.3, 0.4) is 0 Å². The first-order valence-corrected chi connectivity index (χ1v) is 12.0. The lowest BCUT2D eigenvalue weighted by Crippen LogP contribution is -2.69. The predicted octanol–water partition coefficient (Wildman–Crippen LogP) is 3.26. The molecule has 4 aliphatic rings. The van der Waals surface area contributed by atoms with E-state index < -0.39 is 52.2 Å². The van der Waals surface area contributed by atoms with Crippen LogP contribution < -0.4 is 0 Å². The highest BCUT2D eigenvalue weighted by molar-refractivity contribution is 5.99. The average molecular weight is 485 g/mol. The third-order valence-electron chi connectivity index (χ3n) is 9.65. The van der Waals surface area contributed by atoms with Crippen molar-refractivity contribution in [3.63, 3.8) is 0 Å². The molecule has 0 radical (unpaired) electrons. The van der Waals surface area contributed by atoms with Crippen molar-refractivity contribution in [2.45, 2.75) is 64.8 Å². The smallest absolute Gasteiger partial charge is 0.315 e. The Morgan fingerprint density at radius 1 is 1.23 bits per heavy atom. The monoisotopic (exact) mass is 484 g/mol. The molecular formula is C27H32O8. The molecule has 35 heavy (non-hydrogen) atoms. The minimum Gasteiger partial charge on any atom is -0.481 e. The molecule has 1 aromatic rings. The van der Waals surface area contributed by atoms with E-state index in [0.29, 0.717) is 6.42 Å². The molecule has 1 aromatic heterocycles. The van der Waals surface area contributed by atoms with Crippen LogP contribution in [0.1, 0.15) is 52.0 Å². The van der Waals surface area contributed by atoms with Crippen LogP contribution in [0.4, 0.5) is 0 Å². The van der Waals surface area contributed by atoms with Gasteiger partial charge in [-0.15, -0.1) is 0 Å². The number of aliphatic carboxylic acids is 1. The fraction of sp³-hybridized carbons (Fsp3) is 0.593. The van der Waals surface area contributed by atoms with Crippen LogP contribution in [-0.4, -0.2) is 53.4 Å². The molecule has 0 amide bonds. The number of hydrogen-bond acceptors (Lipinski definition) is 7. The van der Waals surface area contributed by atoms with Gasteiger partial charge in [-0.3, -0.25) is 14.4 Å². The molecule has 188 valence electrons. The highest BCUT2D eigenvalue weighted by Crippen LogP contribution is 2.69. The van der Waals surface area contributed by atoms with Crippen molar-refractivity contribution in [3.8, 4) is 0 Å². The predicted molar refractivity (Wildman–Crippen MR) is 123 cm³/mol. The summed E-state index contributed by atoms with van der Waals surface area (Å²) in [5, 5.41) is 21.8. The van der Waals surface area contributed by atoms with Crippen molar-refractivity contribution >= 4 is 17.7 Å². The van der Waals surface area contributed by atoms with Crippen molar-refractivity contribution < 1.29 is 38.5 Å². The van der Waals surface area contributed by atoms with Crippen LogP contribution in [0.15, 0.2) is 46.3 Å². The molecule has 0 spiro atoms. The Kier molecular flexibility index (Phi) is 5.24. The van der Waals surface area contributed by atoms with Crippen LogP contribution in [0.2, 0.25) is 0 Å². The van der Waals surface area contributed by atoms with Gasteiger partial charge in [0.15, 0.2) is 5.78 Å². The molecule has 9 atom stereocenters.